The summed E-state index contributed by atoms with van der Waals surface area (Å²) in [5.74, 6) is 1.03. The summed E-state index contributed by atoms with van der Waals surface area (Å²) in [6, 6.07) is 0. The molecule has 16 heavy (non-hydrogen) atoms. The Balaban J connectivity index is 2.24. The number of rotatable bonds is 1. The van der Waals surface area contributed by atoms with Gasteiger partial charge in [0.25, 0.3) is 0 Å². The van der Waals surface area contributed by atoms with Gasteiger partial charge in [0.2, 0.25) is 0 Å². The predicted octanol–water partition coefficient (Wildman–Crippen LogP) is 3.62. The largest absolute Gasteiger partial charge is 0.393 e. The fourth-order valence-electron chi connectivity index (χ4n) is 3.04. The second kappa shape index (κ2) is 4.58. The van der Waals surface area contributed by atoms with Crippen molar-refractivity contribution in [2.75, 3.05) is 0 Å². The molecule has 0 heterocycles. The van der Waals surface area contributed by atoms with Gasteiger partial charge in [0, 0.05) is 0 Å². The predicted molar refractivity (Wildman–Crippen MR) is 68.1 cm³/mol. The van der Waals surface area contributed by atoms with Gasteiger partial charge in [-0.1, -0.05) is 32.1 Å². The van der Waals surface area contributed by atoms with Crippen molar-refractivity contribution in [3.05, 3.63) is 35.5 Å². The molecule has 0 saturated carbocycles. The summed E-state index contributed by atoms with van der Waals surface area (Å²) in [6.07, 6.45) is 8.75. The summed E-state index contributed by atoms with van der Waals surface area (Å²) < 4.78 is 0. The normalized spacial score (nSPS) is 32.3. The topological polar surface area (TPSA) is 20.2 Å². The van der Waals surface area contributed by atoms with E-state index < -0.39 is 0 Å². The number of hydrogen-bond donors (Lipinski definition) is 1. The SMILES string of the molecule is C=C1C=CC2=C1CCCC(C)C([C@H](C)O)C2. The van der Waals surface area contributed by atoms with Crippen molar-refractivity contribution in [3.8, 4) is 0 Å². The van der Waals surface area contributed by atoms with Crippen LogP contribution in [0.15, 0.2) is 35.5 Å². The highest BCUT2D eigenvalue weighted by molar-refractivity contribution is 5.52. The Kier molecular flexibility index (Phi) is 3.34. The fraction of sp³-hybridized carbons (Fsp3) is 0.600. The molecule has 88 valence electrons. The van der Waals surface area contributed by atoms with E-state index in [0.717, 1.165) is 12.8 Å². The van der Waals surface area contributed by atoms with Crippen molar-refractivity contribution in [1.29, 1.82) is 0 Å². The molecule has 2 aliphatic carbocycles. The highest BCUT2D eigenvalue weighted by atomic mass is 16.3. The summed E-state index contributed by atoms with van der Waals surface area (Å²) in [5, 5.41) is 9.88. The van der Waals surface area contributed by atoms with Crippen LogP contribution in [0.3, 0.4) is 0 Å². The number of hydrogen-bond acceptors (Lipinski definition) is 1. The maximum atomic E-state index is 9.88. The van der Waals surface area contributed by atoms with Crippen molar-refractivity contribution < 1.29 is 5.11 Å². The van der Waals surface area contributed by atoms with E-state index in [0.29, 0.717) is 11.8 Å². The number of aliphatic hydroxyl groups excluding tert-OH is 1. The number of allylic oxidation sites excluding steroid dienone is 5. The Labute approximate surface area is 98.6 Å². The molecule has 0 aliphatic heterocycles. The first-order valence-corrected chi connectivity index (χ1v) is 6.37. The van der Waals surface area contributed by atoms with Gasteiger partial charge < -0.3 is 5.11 Å². The van der Waals surface area contributed by atoms with Crippen molar-refractivity contribution in [2.45, 2.75) is 45.6 Å². The maximum Gasteiger partial charge on any atom is 0.0546 e. The molecule has 0 spiro atoms. The van der Waals surface area contributed by atoms with Crippen LogP contribution >= 0.6 is 0 Å². The van der Waals surface area contributed by atoms with Crippen LogP contribution < -0.4 is 0 Å². The Morgan fingerprint density at radius 2 is 2.19 bits per heavy atom. The molecule has 2 rings (SSSR count). The first kappa shape index (κ1) is 11.7. The van der Waals surface area contributed by atoms with E-state index in [9.17, 15) is 5.11 Å². The van der Waals surface area contributed by atoms with Crippen molar-refractivity contribution >= 4 is 0 Å². The molecule has 2 unspecified atom stereocenters. The molecule has 0 aromatic heterocycles. The zero-order chi connectivity index (χ0) is 11.7. The van der Waals surface area contributed by atoms with Gasteiger partial charge in [-0.25, -0.2) is 0 Å². The third-order valence-corrected chi connectivity index (χ3v) is 4.15. The molecule has 0 saturated heterocycles. The maximum absolute atomic E-state index is 9.88. The van der Waals surface area contributed by atoms with E-state index >= 15 is 0 Å². The highest BCUT2D eigenvalue weighted by Crippen LogP contribution is 2.38. The van der Waals surface area contributed by atoms with E-state index in [1.54, 1.807) is 0 Å². The molecule has 0 aromatic rings. The molecule has 0 bridgehead atoms. The molecular formula is C15H22O. The molecular weight excluding hydrogens is 196 g/mol. The average Bonchev–Trinajstić information content (AvgIpc) is 2.53. The fourth-order valence-corrected chi connectivity index (χ4v) is 3.04. The summed E-state index contributed by atoms with van der Waals surface area (Å²) in [5.41, 5.74) is 4.05. The van der Waals surface area contributed by atoms with Gasteiger partial charge in [0.05, 0.1) is 6.10 Å². The van der Waals surface area contributed by atoms with Crippen molar-refractivity contribution in [3.63, 3.8) is 0 Å². The Morgan fingerprint density at radius 3 is 2.88 bits per heavy atom. The Bertz CT molecular complexity index is 346. The van der Waals surface area contributed by atoms with Gasteiger partial charge in [-0.2, -0.15) is 0 Å². The van der Waals surface area contributed by atoms with Crippen LogP contribution in [-0.4, -0.2) is 11.2 Å². The second-order valence-electron chi connectivity index (χ2n) is 5.34. The Hall–Kier alpha value is -0.820. The minimum absolute atomic E-state index is 0.205. The summed E-state index contributed by atoms with van der Waals surface area (Å²) in [7, 11) is 0. The van der Waals surface area contributed by atoms with E-state index in [-0.39, 0.29) is 6.10 Å². The number of aliphatic hydroxyl groups is 1. The molecule has 2 aliphatic rings. The third-order valence-electron chi connectivity index (χ3n) is 4.15. The smallest absolute Gasteiger partial charge is 0.0546 e. The first-order chi connectivity index (χ1) is 7.59. The van der Waals surface area contributed by atoms with Crippen LogP contribution in [0.2, 0.25) is 0 Å². The van der Waals surface area contributed by atoms with Gasteiger partial charge >= 0.3 is 0 Å². The molecule has 3 atom stereocenters. The zero-order valence-electron chi connectivity index (χ0n) is 10.4. The van der Waals surface area contributed by atoms with E-state index in [4.69, 9.17) is 0 Å². The minimum atomic E-state index is -0.205. The zero-order valence-corrected chi connectivity index (χ0v) is 10.4. The Morgan fingerprint density at radius 1 is 1.44 bits per heavy atom. The van der Waals surface area contributed by atoms with Gasteiger partial charge in [0.15, 0.2) is 0 Å². The molecule has 0 fully saturated rings. The monoisotopic (exact) mass is 218 g/mol. The lowest BCUT2D eigenvalue weighted by Gasteiger charge is -2.29. The van der Waals surface area contributed by atoms with Crippen LogP contribution in [0.5, 0.6) is 0 Å². The average molecular weight is 218 g/mol. The highest BCUT2D eigenvalue weighted by Gasteiger charge is 2.27. The van der Waals surface area contributed by atoms with Gasteiger partial charge in [-0.05, 0) is 54.7 Å². The van der Waals surface area contributed by atoms with Gasteiger partial charge in [0.1, 0.15) is 0 Å². The van der Waals surface area contributed by atoms with Crippen LogP contribution in [0.1, 0.15) is 39.5 Å². The third kappa shape index (κ3) is 2.15. The summed E-state index contributed by atoms with van der Waals surface area (Å²) in [6.45, 7) is 8.29. The molecule has 0 amide bonds. The van der Waals surface area contributed by atoms with E-state index in [1.165, 1.54) is 29.6 Å². The summed E-state index contributed by atoms with van der Waals surface area (Å²) in [4.78, 5) is 0. The molecule has 1 N–H and O–H groups in total. The minimum Gasteiger partial charge on any atom is -0.393 e. The molecule has 1 heteroatoms. The lowest BCUT2D eigenvalue weighted by molar-refractivity contribution is 0.0881. The van der Waals surface area contributed by atoms with Crippen LogP contribution in [0.25, 0.3) is 0 Å². The van der Waals surface area contributed by atoms with Crippen molar-refractivity contribution in [1.82, 2.24) is 0 Å². The van der Waals surface area contributed by atoms with Crippen molar-refractivity contribution in [2.24, 2.45) is 11.8 Å². The van der Waals surface area contributed by atoms with E-state index in [1.807, 2.05) is 6.92 Å². The molecule has 0 aromatic carbocycles. The van der Waals surface area contributed by atoms with Gasteiger partial charge in [-0.3, -0.25) is 0 Å². The molecule has 1 nitrogen and oxygen atoms in total. The summed E-state index contributed by atoms with van der Waals surface area (Å²) >= 11 is 0. The van der Waals surface area contributed by atoms with Crippen LogP contribution in [0, 0.1) is 11.8 Å². The van der Waals surface area contributed by atoms with E-state index in [2.05, 4.69) is 25.7 Å². The van der Waals surface area contributed by atoms with Crippen LogP contribution in [0.4, 0.5) is 0 Å². The first-order valence-electron chi connectivity index (χ1n) is 6.37. The second-order valence-corrected chi connectivity index (χ2v) is 5.34. The lowest BCUT2D eigenvalue weighted by atomic mass is 9.78. The van der Waals surface area contributed by atoms with Gasteiger partial charge in [-0.15, -0.1) is 0 Å². The van der Waals surface area contributed by atoms with Crippen LogP contribution in [-0.2, 0) is 0 Å². The quantitative estimate of drug-likeness (QED) is 0.712. The molecule has 0 radical (unpaired) electrons. The standard InChI is InChI=1S/C15H22O/c1-10-5-4-6-14-11(2)7-8-13(14)9-15(10)12(3)16/h7-8,10,12,15-16H,2,4-6,9H2,1,3H3/t10?,12-,15?/m0/s1. The lowest BCUT2D eigenvalue weighted by Crippen LogP contribution is -2.25.